The number of hydrogen-bond donors (Lipinski definition) is 2. The van der Waals surface area contributed by atoms with Gasteiger partial charge in [0.05, 0.1) is 6.10 Å². The molecule has 16 heavy (non-hydrogen) atoms. The van der Waals surface area contributed by atoms with Gasteiger partial charge in [0, 0.05) is 27.2 Å². The Morgan fingerprint density at radius 1 is 1.19 bits per heavy atom. The highest BCUT2D eigenvalue weighted by molar-refractivity contribution is 5.77. The van der Waals surface area contributed by atoms with Crippen LogP contribution in [-0.2, 0) is 9.53 Å². The molecule has 0 aromatic rings. The summed E-state index contributed by atoms with van der Waals surface area (Å²) in [6, 6.07) is -0.173. The number of nitrogens with one attached hydrogen (secondary N) is 2. The van der Waals surface area contributed by atoms with E-state index in [-0.39, 0.29) is 24.6 Å². The Balaban J connectivity index is 3.45. The van der Waals surface area contributed by atoms with Crippen LogP contribution in [0.25, 0.3) is 0 Å². The van der Waals surface area contributed by atoms with Gasteiger partial charge in [0.1, 0.15) is 6.61 Å². The van der Waals surface area contributed by atoms with Gasteiger partial charge in [-0.2, -0.15) is 0 Å². The van der Waals surface area contributed by atoms with Gasteiger partial charge in [0.25, 0.3) is 0 Å². The number of rotatable bonds is 6. The molecule has 0 aromatic carbocycles. The first-order valence-corrected chi connectivity index (χ1v) is 5.27. The Hall–Kier alpha value is -1.30. The van der Waals surface area contributed by atoms with E-state index in [2.05, 4.69) is 10.6 Å². The maximum Gasteiger partial charge on any atom is 0.316 e. The molecule has 0 bridgehead atoms. The van der Waals surface area contributed by atoms with E-state index in [0.29, 0.717) is 13.1 Å². The van der Waals surface area contributed by atoms with E-state index in [1.54, 1.807) is 14.1 Å². The maximum atomic E-state index is 11.2. The van der Waals surface area contributed by atoms with Crippen LogP contribution in [0.5, 0.6) is 0 Å². The molecule has 0 saturated heterocycles. The third-order valence-electron chi connectivity index (χ3n) is 1.68. The average Bonchev–Trinajstić information content (AvgIpc) is 2.20. The van der Waals surface area contributed by atoms with Gasteiger partial charge in [-0.3, -0.25) is 4.79 Å². The van der Waals surface area contributed by atoms with Crippen molar-refractivity contribution >= 4 is 11.9 Å². The average molecular weight is 231 g/mol. The summed E-state index contributed by atoms with van der Waals surface area (Å²) in [6.45, 7) is 4.60. The van der Waals surface area contributed by atoms with Crippen molar-refractivity contribution in [2.45, 2.75) is 20.0 Å². The summed E-state index contributed by atoms with van der Waals surface area (Å²) in [5, 5.41) is 5.27. The van der Waals surface area contributed by atoms with Crippen molar-refractivity contribution in [3.63, 3.8) is 0 Å². The third-order valence-corrected chi connectivity index (χ3v) is 1.68. The number of carbonyl (C=O) groups excluding carboxylic acids is 2. The minimum absolute atomic E-state index is 0.0409. The van der Waals surface area contributed by atoms with Gasteiger partial charge in [-0.05, 0) is 13.8 Å². The van der Waals surface area contributed by atoms with Gasteiger partial charge >= 0.3 is 6.03 Å². The van der Waals surface area contributed by atoms with Gasteiger partial charge in [-0.25, -0.2) is 4.79 Å². The molecule has 0 fully saturated rings. The molecule has 0 aliphatic rings. The first-order valence-electron chi connectivity index (χ1n) is 5.27. The summed E-state index contributed by atoms with van der Waals surface area (Å²) in [6.07, 6.45) is 0.0409. The molecule has 0 radical (unpaired) electrons. The number of ether oxygens (including phenoxy) is 1. The highest BCUT2D eigenvalue weighted by Crippen LogP contribution is 1.85. The van der Waals surface area contributed by atoms with Crippen LogP contribution in [0.15, 0.2) is 0 Å². The molecular formula is C10H21N3O3. The third kappa shape index (κ3) is 8.05. The van der Waals surface area contributed by atoms with Crippen LogP contribution >= 0.6 is 0 Å². The van der Waals surface area contributed by atoms with E-state index in [0.717, 1.165) is 0 Å². The number of nitrogens with zero attached hydrogens (tertiary/aromatic N) is 1. The van der Waals surface area contributed by atoms with Crippen LogP contribution in [0.4, 0.5) is 4.79 Å². The van der Waals surface area contributed by atoms with Crippen LogP contribution < -0.4 is 10.6 Å². The molecule has 6 nitrogen and oxygen atoms in total. The summed E-state index contributed by atoms with van der Waals surface area (Å²) >= 11 is 0. The summed E-state index contributed by atoms with van der Waals surface area (Å²) < 4.78 is 5.11. The Bertz CT molecular complexity index is 229. The van der Waals surface area contributed by atoms with Crippen LogP contribution in [0, 0.1) is 0 Å². The molecule has 0 unspecified atom stereocenters. The summed E-state index contributed by atoms with van der Waals surface area (Å²) in [5.74, 6) is -0.173. The lowest BCUT2D eigenvalue weighted by atomic mass is 10.5. The van der Waals surface area contributed by atoms with Gasteiger partial charge < -0.3 is 20.3 Å². The highest BCUT2D eigenvalue weighted by Gasteiger charge is 2.04. The van der Waals surface area contributed by atoms with E-state index < -0.39 is 0 Å². The molecule has 6 heteroatoms. The number of carbonyl (C=O) groups is 2. The lowest BCUT2D eigenvalue weighted by Gasteiger charge is -2.12. The van der Waals surface area contributed by atoms with Gasteiger partial charge in [0.15, 0.2) is 0 Å². The second-order valence-corrected chi connectivity index (χ2v) is 3.84. The second kappa shape index (κ2) is 7.92. The fourth-order valence-electron chi connectivity index (χ4n) is 0.823. The van der Waals surface area contributed by atoms with Crippen LogP contribution in [-0.4, -0.2) is 56.7 Å². The minimum atomic E-state index is -0.173. The fraction of sp³-hybridized carbons (Fsp3) is 0.800. The SMILES string of the molecule is CC(C)OCC(=O)NCCNC(=O)N(C)C. The minimum Gasteiger partial charge on any atom is -0.369 e. The quantitative estimate of drug-likeness (QED) is 0.622. The van der Waals surface area contributed by atoms with Crippen molar-refractivity contribution < 1.29 is 14.3 Å². The van der Waals surface area contributed by atoms with E-state index in [1.807, 2.05) is 13.8 Å². The molecule has 0 aromatic heterocycles. The Morgan fingerprint density at radius 2 is 1.75 bits per heavy atom. The van der Waals surface area contributed by atoms with Crippen LogP contribution in [0.1, 0.15) is 13.8 Å². The summed E-state index contributed by atoms with van der Waals surface area (Å²) in [5.41, 5.74) is 0. The first-order chi connectivity index (χ1) is 7.43. The Morgan fingerprint density at radius 3 is 2.25 bits per heavy atom. The molecule has 0 aliphatic carbocycles. The summed E-state index contributed by atoms with van der Waals surface area (Å²) in [4.78, 5) is 23.7. The van der Waals surface area contributed by atoms with Gasteiger partial charge in [-0.15, -0.1) is 0 Å². The van der Waals surface area contributed by atoms with E-state index in [4.69, 9.17) is 4.74 Å². The van der Waals surface area contributed by atoms with Crippen LogP contribution in [0.3, 0.4) is 0 Å². The summed E-state index contributed by atoms with van der Waals surface area (Å²) in [7, 11) is 3.31. The van der Waals surface area contributed by atoms with Gasteiger partial charge in [0.2, 0.25) is 5.91 Å². The molecule has 2 N–H and O–H groups in total. The molecule has 0 heterocycles. The standard InChI is InChI=1S/C10H21N3O3/c1-8(2)16-7-9(14)11-5-6-12-10(15)13(3)4/h8H,5-7H2,1-4H3,(H,11,14)(H,12,15). The Kier molecular flexibility index (Phi) is 7.28. The smallest absolute Gasteiger partial charge is 0.316 e. The van der Waals surface area contributed by atoms with Gasteiger partial charge in [-0.1, -0.05) is 0 Å². The lowest BCUT2D eigenvalue weighted by Crippen LogP contribution is -2.40. The van der Waals surface area contributed by atoms with Crippen molar-refractivity contribution in [3.8, 4) is 0 Å². The predicted octanol–water partition coefficient (Wildman–Crippen LogP) is -0.201. The first kappa shape index (κ1) is 14.7. The zero-order valence-electron chi connectivity index (χ0n) is 10.4. The topological polar surface area (TPSA) is 70.7 Å². The van der Waals surface area contributed by atoms with E-state index in [1.165, 1.54) is 4.90 Å². The molecule has 0 rings (SSSR count). The van der Waals surface area contributed by atoms with Crippen molar-refractivity contribution in [1.29, 1.82) is 0 Å². The second-order valence-electron chi connectivity index (χ2n) is 3.84. The van der Waals surface area contributed by atoms with Crippen molar-refractivity contribution in [2.75, 3.05) is 33.8 Å². The Labute approximate surface area is 96.3 Å². The normalized spacial score (nSPS) is 10.1. The fourth-order valence-corrected chi connectivity index (χ4v) is 0.823. The molecule has 0 aliphatic heterocycles. The number of hydrogen-bond acceptors (Lipinski definition) is 3. The zero-order valence-corrected chi connectivity index (χ0v) is 10.4. The van der Waals surface area contributed by atoms with E-state index >= 15 is 0 Å². The maximum absolute atomic E-state index is 11.2. The molecule has 0 atom stereocenters. The highest BCUT2D eigenvalue weighted by atomic mass is 16.5. The van der Waals surface area contributed by atoms with Crippen molar-refractivity contribution in [1.82, 2.24) is 15.5 Å². The zero-order chi connectivity index (χ0) is 12.6. The molecule has 0 spiro atoms. The monoisotopic (exact) mass is 231 g/mol. The molecular weight excluding hydrogens is 210 g/mol. The molecule has 3 amide bonds. The largest absolute Gasteiger partial charge is 0.369 e. The van der Waals surface area contributed by atoms with Crippen LogP contribution in [0.2, 0.25) is 0 Å². The lowest BCUT2D eigenvalue weighted by molar-refractivity contribution is -0.127. The number of urea groups is 1. The predicted molar refractivity (Wildman–Crippen MR) is 61.2 cm³/mol. The van der Waals surface area contributed by atoms with Crippen molar-refractivity contribution in [3.05, 3.63) is 0 Å². The molecule has 94 valence electrons. The van der Waals surface area contributed by atoms with E-state index in [9.17, 15) is 9.59 Å². The molecule has 0 saturated carbocycles. The number of amides is 3. The van der Waals surface area contributed by atoms with Crippen molar-refractivity contribution in [2.24, 2.45) is 0 Å².